The molecule has 45 heavy (non-hydrogen) atoms. The summed E-state index contributed by atoms with van der Waals surface area (Å²) < 4.78 is 33.9. The van der Waals surface area contributed by atoms with Crippen LogP contribution in [0, 0.1) is 11.1 Å². The number of carbonyl (C=O) groups is 1. The lowest BCUT2D eigenvalue weighted by Gasteiger charge is -2.18. The van der Waals surface area contributed by atoms with Crippen molar-refractivity contribution in [2.24, 2.45) is 20.4 Å². The van der Waals surface area contributed by atoms with Crippen molar-refractivity contribution in [1.82, 2.24) is 10.1 Å². The fourth-order valence-electron chi connectivity index (χ4n) is 3.69. The molecule has 22 heteroatoms. The van der Waals surface area contributed by atoms with Gasteiger partial charge in [0.15, 0.2) is 11.5 Å². The third-order valence-corrected chi connectivity index (χ3v) is 11.4. The van der Waals surface area contributed by atoms with Crippen molar-refractivity contribution < 1.29 is 42.9 Å². The molecule has 0 spiro atoms. The third-order valence-electron chi connectivity index (χ3n) is 5.65. The molecule has 0 fully saturated rings. The van der Waals surface area contributed by atoms with Gasteiger partial charge in [0, 0.05) is 13.0 Å². The van der Waals surface area contributed by atoms with Gasteiger partial charge in [0.2, 0.25) is 26.2 Å². The van der Waals surface area contributed by atoms with Gasteiger partial charge in [-0.05, 0) is 77.6 Å². The molecule has 2 aromatic carbocycles. The van der Waals surface area contributed by atoms with Crippen LogP contribution in [-0.2, 0) is 32.2 Å². The topological polar surface area (TPSA) is 227 Å². The van der Waals surface area contributed by atoms with Crippen molar-refractivity contribution in [3.63, 3.8) is 0 Å². The third kappa shape index (κ3) is 18.7. The van der Waals surface area contributed by atoms with E-state index in [-0.39, 0.29) is 25.2 Å². The fraction of sp³-hybridized carbons (Fsp3) is 0.391. The van der Waals surface area contributed by atoms with Crippen LogP contribution in [0.1, 0.15) is 30.4 Å². The zero-order chi connectivity index (χ0) is 33.3. The first-order chi connectivity index (χ1) is 21.2. The van der Waals surface area contributed by atoms with E-state index >= 15 is 0 Å². The molecule has 0 aliphatic rings. The second-order valence-corrected chi connectivity index (χ2v) is 17.5. The minimum Gasteiger partial charge on any atom is -0.356 e. The summed E-state index contributed by atoms with van der Waals surface area (Å²) in [5.41, 5.74) is 1.77. The predicted octanol–water partition coefficient (Wildman–Crippen LogP) is 6.70. The summed E-state index contributed by atoms with van der Waals surface area (Å²) in [6, 6.07) is 14.4. The van der Waals surface area contributed by atoms with E-state index in [0.717, 1.165) is 11.1 Å². The number of benzene rings is 2. The lowest BCUT2D eigenvalue weighted by atomic mass is 10.1. The molecule has 0 aliphatic carbocycles. The Morgan fingerprint density at radius 1 is 1.09 bits per heavy atom. The van der Waals surface area contributed by atoms with Crippen LogP contribution in [0.5, 0.6) is 11.5 Å². The molecule has 0 aliphatic heterocycles. The van der Waals surface area contributed by atoms with Gasteiger partial charge in [-0.3, -0.25) is 23.6 Å². The van der Waals surface area contributed by atoms with Crippen molar-refractivity contribution in [2.75, 3.05) is 25.9 Å². The van der Waals surface area contributed by atoms with Gasteiger partial charge in [-0.25, -0.2) is 0 Å². The summed E-state index contributed by atoms with van der Waals surface area (Å²) in [5, 5.41) is 14.1. The molecule has 1 atom stereocenters. The lowest BCUT2D eigenvalue weighted by Crippen LogP contribution is -2.25. The normalized spacial score (nSPS) is 12.8. The van der Waals surface area contributed by atoms with Crippen LogP contribution in [0.25, 0.3) is 0 Å². The van der Waals surface area contributed by atoms with E-state index in [9.17, 15) is 13.9 Å². The first kappa shape index (κ1) is 39.3. The molecular formula is C23H33N6O9P6S+. The molecule has 0 saturated carbocycles. The van der Waals surface area contributed by atoms with Gasteiger partial charge in [0.05, 0.1) is 41.7 Å². The number of hydrazone groups is 1. The first-order valence-electron chi connectivity index (χ1n) is 13.1. The van der Waals surface area contributed by atoms with Crippen molar-refractivity contribution >= 4 is 70.8 Å². The average molecular weight is 755 g/mol. The SMILES string of the molecule is CN(N=Cc1ccc(ON=PN=PP=N)cc1)[P+](=S)Oc1ccc(CCNC(=O)CCCC(CP(=O)(O)O)CP(=O)(O)O)cc1. The van der Waals surface area contributed by atoms with Gasteiger partial charge in [-0.1, -0.05) is 16.9 Å². The van der Waals surface area contributed by atoms with Crippen LogP contribution in [0.15, 0.2) is 63.1 Å². The van der Waals surface area contributed by atoms with Crippen LogP contribution < -0.4 is 14.7 Å². The Bertz CT molecular complexity index is 1430. The van der Waals surface area contributed by atoms with Crippen LogP contribution in [0.3, 0.4) is 0 Å². The molecule has 15 nitrogen and oxygen atoms in total. The molecule has 244 valence electrons. The Morgan fingerprint density at radius 2 is 1.71 bits per heavy atom. The Hall–Kier alpha value is -1.90. The molecule has 6 N–H and O–H groups in total. The zero-order valence-corrected chi connectivity index (χ0v) is 30.1. The molecule has 1 amide bonds. The minimum atomic E-state index is -4.44. The van der Waals surface area contributed by atoms with Crippen LogP contribution >= 0.6 is 46.9 Å². The highest BCUT2D eigenvalue weighted by Gasteiger charge is 2.28. The zero-order valence-electron chi connectivity index (χ0n) is 23.9. The highest BCUT2D eigenvalue weighted by Crippen LogP contribution is 2.44. The summed E-state index contributed by atoms with van der Waals surface area (Å²) in [6.07, 6.45) is 1.36. The van der Waals surface area contributed by atoms with Crippen LogP contribution in [-0.4, -0.2) is 62.4 Å². The fourth-order valence-corrected chi connectivity index (χ4v) is 8.05. The lowest BCUT2D eigenvalue weighted by molar-refractivity contribution is -0.121. The molecular weight excluding hydrogens is 722 g/mol. The molecule has 0 radical (unpaired) electrons. The number of nitrogens with one attached hydrogen (secondary N) is 2. The summed E-state index contributed by atoms with van der Waals surface area (Å²) in [5.74, 6) is -0.0176. The largest absolute Gasteiger partial charge is 0.540 e. The Labute approximate surface area is 271 Å². The molecule has 2 rings (SSSR count). The van der Waals surface area contributed by atoms with E-state index in [2.05, 4.69) is 19.8 Å². The molecule has 0 aromatic heterocycles. The van der Waals surface area contributed by atoms with Crippen molar-refractivity contribution in [1.29, 1.82) is 5.16 Å². The van der Waals surface area contributed by atoms with Crippen molar-refractivity contribution in [3.05, 3.63) is 59.7 Å². The van der Waals surface area contributed by atoms with Gasteiger partial charge in [0.25, 0.3) is 0 Å². The van der Waals surface area contributed by atoms with E-state index in [1.165, 1.54) is 0 Å². The van der Waals surface area contributed by atoms with Gasteiger partial charge < -0.3 is 29.7 Å². The minimum absolute atomic E-state index is 0.0739. The quantitative estimate of drug-likeness (QED) is 0.0474. The highest BCUT2D eigenvalue weighted by molar-refractivity contribution is 8.02. The van der Waals surface area contributed by atoms with Gasteiger partial charge in [0.1, 0.15) is 0 Å². The Kier molecular flexibility index (Phi) is 17.8. The number of rotatable bonds is 20. The summed E-state index contributed by atoms with van der Waals surface area (Å²) >= 11 is 5.47. The number of carbonyl (C=O) groups excluding carboxylic acids is 1. The van der Waals surface area contributed by atoms with E-state index in [4.69, 9.17) is 45.9 Å². The average Bonchev–Trinajstić information content (AvgIpc) is 2.95. The van der Waals surface area contributed by atoms with Gasteiger partial charge >= 0.3 is 22.3 Å². The van der Waals surface area contributed by atoms with E-state index in [0.29, 0.717) is 49.1 Å². The van der Waals surface area contributed by atoms with E-state index < -0.39 is 40.5 Å². The maximum absolute atomic E-state index is 12.2. The molecule has 0 heterocycles. The molecule has 2 aromatic rings. The number of amides is 1. The highest BCUT2D eigenvalue weighted by atomic mass is 32.4. The predicted molar refractivity (Wildman–Crippen MR) is 180 cm³/mol. The molecule has 0 saturated heterocycles. The van der Waals surface area contributed by atoms with E-state index in [1.54, 1.807) is 42.3 Å². The van der Waals surface area contributed by atoms with Gasteiger partial charge in [-0.15, -0.1) is 5.10 Å². The molecule has 0 bridgehead atoms. The Balaban J connectivity index is 1.73. The molecule has 1 unspecified atom stereocenters. The van der Waals surface area contributed by atoms with Crippen LogP contribution in [0.2, 0.25) is 0 Å². The monoisotopic (exact) mass is 755 g/mol. The summed E-state index contributed by atoms with van der Waals surface area (Å²) in [6.45, 7) is 0.363. The van der Waals surface area contributed by atoms with E-state index in [1.807, 2.05) is 24.3 Å². The Morgan fingerprint density at radius 3 is 2.31 bits per heavy atom. The maximum Gasteiger partial charge on any atom is 0.540 e. The number of hydrogen-bond donors (Lipinski definition) is 6. The number of hydrogen-bond acceptors (Lipinski definition) is 9. The number of nitrogens with zero attached hydrogens (tertiary/aromatic N) is 4. The second kappa shape index (κ2) is 20.4. The van der Waals surface area contributed by atoms with Crippen molar-refractivity contribution in [2.45, 2.75) is 25.7 Å². The summed E-state index contributed by atoms with van der Waals surface area (Å²) in [4.78, 5) is 57.8. The van der Waals surface area contributed by atoms with Gasteiger partial charge in [-0.2, -0.15) is 4.52 Å². The standard InChI is InChI=1S/C23H32N6O9P6S/c1-29(26-15-19-7-9-21(10-8-19)37-27-40-28-41-39-24)42(45)38-22-11-5-18(6-12-22)13-14-25-23(30)4-2-3-20(16-43(31,32)33)17-44(34,35)36/h5-12,15,20,24H,2-4,13-14,16-17H2,1H3,(H4-,25,30,31,32,33,34,35,36)/p+1. The smallest absolute Gasteiger partial charge is 0.356 e. The summed E-state index contributed by atoms with van der Waals surface area (Å²) in [7, 11) is -7.23. The first-order valence-corrected chi connectivity index (χ1v) is 22.1. The van der Waals surface area contributed by atoms with Crippen LogP contribution in [0.4, 0.5) is 0 Å². The maximum atomic E-state index is 12.2. The van der Waals surface area contributed by atoms with Crippen molar-refractivity contribution in [3.8, 4) is 11.5 Å². The second-order valence-electron chi connectivity index (χ2n) is 9.37.